The Morgan fingerprint density at radius 3 is 2.53 bits per heavy atom. The van der Waals surface area contributed by atoms with Crippen molar-refractivity contribution < 1.29 is 4.79 Å². The number of rotatable bonds is 9. The van der Waals surface area contributed by atoms with Gasteiger partial charge in [-0.2, -0.15) is 0 Å². The van der Waals surface area contributed by atoms with Gasteiger partial charge in [-0.05, 0) is 38.0 Å². The summed E-state index contributed by atoms with van der Waals surface area (Å²) in [5.74, 6) is 0.146. The lowest BCUT2D eigenvalue weighted by atomic mass is 10.0. The Bertz CT molecular complexity index is 236. The molecule has 100 valence electrons. The van der Waals surface area contributed by atoms with Gasteiger partial charge in [-0.3, -0.25) is 4.79 Å². The number of unbranched alkanes of at least 4 members (excludes halogenated alkanes) is 2. The van der Waals surface area contributed by atoms with Crippen LogP contribution in [0.3, 0.4) is 0 Å². The fraction of sp³-hybridized carbons (Fsp3) is 0.929. The van der Waals surface area contributed by atoms with E-state index in [0.717, 1.165) is 19.5 Å². The normalized spacial score (nSPS) is 18.8. The zero-order chi connectivity index (χ0) is 12.7. The van der Waals surface area contributed by atoms with Crippen LogP contribution in [0.25, 0.3) is 0 Å². The molecule has 1 unspecified atom stereocenters. The Kier molecular flexibility index (Phi) is 5.96. The Morgan fingerprint density at radius 1 is 1.29 bits per heavy atom. The van der Waals surface area contributed by atoms with E-state index in [9.17, 15) is 4.79 Å². The highest BCUT2D eigenvalue weighted by Gasteiger charge is 2.40. The lowest BCUT2D eigenvalue weighted by Gasteiger charge is -2.18. The minimum atomic E-state index is -0.0550. The Labute approximate surface area is 106 Å². The van der Waals surface area contributed by atoms with Crippen LogP contribution in [-0.4, -0.2) is 25.0 Å². The highest BCUT2D eigenvalue weighted by molar-refractivity contribution is 5.81. The maximum Gasteiger partial charge on any atom is 0.236 e. The van der Waals surface area contributed by atoms with E-state index in [1.165, 1.54) is 32.1 Å². The van der Waals surface area contributed by atoms with E-state index in [0.29, 0.717) is 5.41 Å². The van der Waals surface area contributed by atoms with Crippen LogP contribution in [0.1, 0.15) is 59.3 Å². The maximum absolute atomic E-state index is 11.8. The van der Waals surface area contributed by atoms with E-state index in [2.05, 4.69) is 24.5 Å². The first-order valence-corrected chi connectivity index (χ1v) is 7.14. The third-order valence-electron chi connectivity index (χ3n) is 3.96. The molecule has 1 saturated carbocycles. The predicted octanol–water partition coefficient (Wildman–Crippen LogP) is 2.46. The number of carbonyl (C=O) groups excluding carboxylic acids is 1. The van der Waals surface area contributed by atoms with Crippen LogP contribution in [0, 0.1) is 5.41 Å². The molecule has 0 spiro atoms. The van der Waals surface area contributed by atoms with Gasteiger partial charge in [0.2, 0.25) is 5.91 Å². The molecule has 0 aliphatic heterocycles. The second-order valence-electron chi connectivity index (χ2n) is 5.45. The summed E-state index contributed by atoms with van der Waals surface area (Å²) in [6.45, 7) is 8.18. The van der Waals surface area contributed by atoms with E-state index >= 15 is 0 Å². The van der Waals surface area contributed by atoms with Crippen LogP contribution < -0.4 is 10.6 Å². The van der Waals surface area contributed by atoms with Crippen molar-refractivity contribution in [3.05, 3.63) is 0 Å². The van der Waals surface area contributed by atoms with Crippen molar-refractivity contribution in [3.63, 3.8) is 0 Å². The van der Waals surface area contributed by atoms with Gasteiger partial charge in [-0.1, -0.05) is 26.7 Å². The van der Waals surface area contributed by atoms with Crippen LogP contribution in [0.15, 0.2) is 0 Å². The van der Waals surface area contributed by atoms with Crippen LogP contribution in [0.4, 0.5) is 0 Å². The SMILES string of the molecule is CCCCCNC(=O)C(C)NCC1(CC)CC1. The van der Waals surface area contributed by atoms with Gasteiger partial charge in [-0.15, -0.1) is 0 Å². The first kappa shape index (κ1) is 14.5. The maximum atomic E-state index is 11.8. The van der Waals surface area contributed by atoms with Crippen molar-refractivity contribution in [1.29, 1.82) is 0 Å². The Morgan fingerprint density at radius 2 is 2.00 bits per heavy atom. The molecule has 1 atom stereocenters. The summed E-state index contributed by atoms with van der Waals surface area (Å²) in [4.78, 5) is 11.8. The van der Waals surface area contributed by atoms with Crippen molar-refractivity contribution in [2.75, 3.05) is 13.1 Å². The molecule has 3 nitrogen and oxygen atoms in total. The van der Waals surface area contributed by atoms with Gasteiger partial charge in [-0.25, -0.2) is 0 Å². The van der Waals surface area contributed by atoms with Gasteiger partial charge in [0.25, 0.3) is 0 Å². The summed E-state index contributed by atoms with van der Waals surface area (Å²) in [5, 5.41) is 6.36. The lowest BCUT2D eigenvalue weighted by molar-refractivity contribution is -0.122. The summed E-state index contributed by atoms with van der Waals surface area (Å²) in [5.41, 5.74) is 0.511. The average Bonchev–Trinajstić information content (AvgIpc) is 3.12. The van der Waals surface area contributed by atoms with Crippen molar-refractivity contribution in [1.82, 2.24) is 10.6 Å². The minimum Gasteiger partial charge on any atom is -0.355 e. The van der Waals surface area contributed by atoms with Crippen molar-refractivity contribution in [2.45, 2.75) is 65.3 Å². The molecule has 0 radical (unpaired) electrons. The third-order valence-corrected chi connectivity index (χ3v) is 3.96. The fourth-order valence-corrected chi connectivity index (χ4v) is 2.03. The minimum absolute atomic E-state index is 0.0550. The molecule has 0 aromatic heterocycles. The quantitative estimate of drug-likeness (QED) is 0.608. The monoisotopic (exact) mass is 240 g/mol. The molecule has 0 saturated heterocycles. The Balaban J connectivity index is 2.09. The first-order valence-electron chi connectivity index (χ1n) is 7.14. The smallest absolute Gasteiger partial charge is 0.236 e. The Hall–Kier alpha value is -0.570. The molecule has 0 aromatic carbocycles. The molecule has 1 amide bonds. The van der Waals surface area contributed by atoms with Gasteiger partial charge in [0.15, 0.2) is 0 Å². The van der Waals surface area contributed by atoms with Gasteiger partial charge >= 0.3 is 0 Å². The van der Waals surface area contributed by atoms with E-state index in [4.69, 9.17) is 0 Å². The topological polar surface area (TPSA) is 41.1 Å². The van der Waals surface area contributed by atoms with Crippen molar-refractivity contribution in [2.24, 2.45) is 5.41 Å². The fourth-order valence-electron chi connectivity index (χ4n) is 2.03. The second-order valence-corrected chi connectivity index (χ2v) is 5.45. The summed E-state index contributed by atoms with van der Waals surface area (Å²) < 4.78 is 0. The van der Waals surface area contributed by atoms with Gasteiger partial charge in [0.1, 0.15) is 0 Å². The van der Waals surface area contributed by atoms with E-state index in [1.54, 1.807) is 0 Å². The second kappa shape index (κ2) is 7.00. The molecule has 17 heavy (non-hydrogen) atoms. The molecule has 0 bridgehead atoms. The van der Waals surface area contributed by atoms with Crippen LogP contribution >= 0.6 is 0 Å². The molecular weight excluding hydrogens is 212 g/mol. The summed E-state index contributed by atoms with van der Waals surface area (Å²) in [6.07, 6.45) is 7.35. The van der Waals surface area contributed by atoms with Crippen molar-refractivity contribution >= 4 is 5.91 Å². The molecule has 1 aliphatic rings. The van der Waals surface area contributed by atoms with Crippen molar-refractivity contribution in [3.8, 4) is 0 Å². The lowest BCUT2D eigenvalue weighted by Crippen LogP contribution is -2.44. The number of hydrogen-bond donors (Lipinski definition) is 2. The van der Waals surface area contributed by atoms with E-state index in [-0.39, 0.29) is 11.9 Å². The predicted molar refractivity (Wildman–Crippen MR) is 72.0 cm³/mol. The molecule has 2 N–H and O–H groups in total. The van der Waals surface area contributed by atoms with Crippen LogP contribution in [-0.2, 0) is 4.79 Å². The van der Waals surface area contributed by atoms with E-state index in [1.807, 2.05) is 6.92 Å². The molecule has 0 aromatic rings. The van der Waals surface area contributed by atoms with Crippen LogP contribution in [0.2, 0.25) is 0 Å². The molecule has 1 aliphatic carbocycles. The highest BCUT2D eigenvalue weighted by atomic mass is 16.2. The molecular formula is C14H28N2O. The zero-order valence-electron chi connectivity index (χ0n) is 11.6. The third kappa shape index (κ3) is 5.07. The number of amides is 1. The first-order chi connectivity index (χ1) is 8.13. The molecule has 0 heterocycles. The summed E-state index contributed by atoms with van der Waals surface area (Å²) in [7, 11) is 0. The molecule has 1 rings (SSSR count). The van der Waals surface area contributed by atoms with Gasteiger partial charge in [0, 0.05) is 13.1 Å². The zero-order valence-corrected chi connectivity index (χ0v) is 11.6. The van der Waals surface area contributed by atoms with E-state index < -0.39 is 0 Å². The summed E-state index contributed by atoms with van der Waals surface area (Å²) >= 11 is 0. The largest absolute Gasteiger partial charge is 0.355 e. The number of carbonyl (C=O) groups is 1. The van der Waals surface area contributed by atoms with Gasteiger partial charge < -0.3 is 10.6 Å². The standard InChI is InChI=1S/C14H28N2O/c1-4-6-7-10-15-13(17)12(3)16-11-14(5-2)8-9-14/h12,16H,4-11H2,1-3H3,(H,15,17). The average molecular weight is 240 g/mol. The van der Waals surface area contributed by atoms with Crippen LogP contribution in [0.5, 0.6) is 0 Å². The summed E-state index contributed by atoms with van der Waals surface area (Å²) in [6, 6.07) is -0.0550. The van der Waals surface area contributed by atoms with Gasteiger partial charge in [0.05, 0.1) is 6.04 Å². The number of hydrogen-bond acceptors (Lipinski definition) is 2. The molecule has 3 heteroatoms. The highest BCUT2D eigenvalue weighted by Crippen LogP contribution is 2.47. The number of nitrogens with one attached hydrogen (secondary N) is 2. The molecule has 1 fully saturated rings.